The molecule has 1 aromatic heterocycles. The third-order valence-corrected chi connectivity index (χ3v) is 3.78. The van der Waals surface area contributed by atoms with E-state index in [0.29, 0.717) is 22.6 Å². The first-order chi connectivity index (χ1) is 10.2. The van der Waals surface area contributed by atoms with Crippen LogP contribution >= 0.6 is 15.9 Å². The number of nitrogens with two attached hydrogens (primary N) is 1. The van der Waals surface area contributed by atoms with Gasteiger partial charge in [-0.2, -0.15) is 0 Å². The monoisotopic (exact) mass is 346 g/mol. The van der Waals surface area contributed by atoms with E-state index in [9.17, 15) is 4.39 Å². The van der Waals surface area contributed by atoms with Crippen LogP contribution < -0.4 is 10.5 Å². The minimum absolute atomic E-state index is 0.328. The van der Waals surface area contributed by atoms with Crippen LogP contribution in [0.1, 0.15) is 5.56 Å². The molecule has 5 heteroatoms. The van der Waals surface area contributed by atoms with Gasteiger partial charge in [-0.05, 0) is 51.1 Å². The van der Waals surface area contributed by atoms with E-state index in [4.69, 9.17) is 10.5 Å². The number of nitrogens with zero attached hydrogens (tertiary/aromatic N) is 1. The van der Waals surface area contributed by atoms with Gasteiger partial charge in [0.2, 0.25) is 5.88 Å². The molecule has 3 rings (SSSR count). The Kier molecular flexibility index (Phi) is 3.86. The molecule has 21 heavy (non-hydrogen) atoms. The fraction of sp³-hybridized carbons (Fsp3) is 0.0625. The predicted molar refractivity (Wildman–Crippen MR) is 83.8 cm³/mol. The molecule has 0 amide bonds. The van der Waals surface area contributed by atoms with Crippen molar-refractivity contribution >= 4 is 26.7 Å². The predicted octanol–water partition coefficient (Wildman–Crippen LogP) is 4.39. The number of aromatic nitrogens is 1. The standard InChI is InChI=1S/C16H12BrFN2O/c17-14-7-11(18)5-6-15(14)21-16-13-4-2-1-3-12(13)10(8-19)9-20-16/h1-7,9H,8,19H2. The van der Waals surface area contributed by atoms with Gasteiger partial charge in [0.25, 0.3) is 0 Å². The third kappa shape index (κ3) is 2.75. The minimum atomic E-state index is -0.328. The van der Waals surface area contributed by atoms with Crippen molar-refractivity contribution in [2.45, 2.75) is 6.54 Å². The summed E-state index contributed by atoms with van der Waals surface area (Å²) in [6.07, 6.45) is 1.70. The Labute approximate surface area is 129 Å². The summed E-state index contributed by atoms with van der Waals surface area (Å²) in [6, 6.07) is 12.0. The van der Waals surface area contributed by atoms with Crippen LogP contribution in [0.2, 0.25) is 0 Å². The van der Waals surface area contributed by atoms with Gasteiger partial charge in [-0.15, -0.1) is 0 Å². The largest absolute Gasteiger partial charge is 0.437 e. The van der Waals surface area contributed by atoms with Gasteiger partial charge in [0.15, 0.2) is 0 Å². The summed E-state index contributed by atoms with van der Waals surface area (Å²) < 4.78 is 19.5. The van der Waals surface area contributed by atoms with Gasteiger partial charge >= 0.3 is 0 Å². The SMILES string of the molecule is NCc1cnc(Oc2ccc(F)cc2Br)c2ccccc12. The molecule has 2 N–H and O–H groups in total. The Bertz CT molecular complexity index is 807. The minimum Gasteiger partial charge on any atom is -0.437 e. The molecule has 0 aliphatic heterocycles. The molecule has 3 aromatic rings. The van der Waals surface area contributed by atoms with Crippen molar-refractivity contribution < 1.29 is 9.13 Å². The highest BCUT2D eigenvalue weighted by Crippen LogP contribution is 2.33. The summed E-state index contributed by atoms with van der Waals surface area (Å²) in [5, 5.41) is 1.87. The van der Waals surface area contributed by atoms with Crippen LogP contribution in [-0.2, 0) is 6.54 Å². The van der Waals surface area contributed by atoms with Crippen LogP contribution in [0.25, 0.3) is 10.8 Å². The van der Waals surface area contributed by atoms with Crippen LogP contribution in [0, 0.1) is 5.82 Å². The zero-order valence-corrected chi connectivity index (χ0v) is 12.6. The van der Waals surface area contributed by atoms with Crippen molar-refractivity contribution in [3.05, 3.63) is 64.5 Å². The summed E-state index contributed by atoms with van der Waals surface area (Å²) in [5.41, 5.74) is 6.68. The van der Waals surface area contributed by atoms with Crippen molar-refractivity contribution in [3.63, 3.8) is 0 Å². The Morgan fingerprint density at radius 2 is 1.90 bits per heavy atom. The fourth-order valence-electron chi connectivity index (χ4n) is 2.13. The second-order valence-electron chi connectivity index (χ2n) is 4.52. The average Bonchev–Trinajstić information content (AvgIpc) is 2.50. The quantitative estimate of drug-likeness (QED) is 0.765. The number of pyridine rings is 1. The second kappa shape index (κ2) is 5.79. The van der Waals surface area contributed by atoms with Crippen molar-refractivity contribution in [1.29, 1.82) is 0 Å². The highest BCUT2D eigenvalue weighted by molar-refractivity contribution is 9.10. The van der Waals surface area contributed by atoms with E-state index in [2.05, 4.69) is 20.9 Å². The molecule has 0 atom stereocenters. The molecule has 2 aromatic carbocycles. The summed E-state index contributed by atoms with van der Waals surface area (Å²) in [6.45, 7) is 0.411. The van der Waals surface area contributed by atoms with E-state index in [1.807, 2.05) is 24.3 Å². The van der Waals surface area contributed by atoms with Gasteiger partial charge in [0.05, 0.1) is 4.47 Å². The first kappa shape index (κ1) is 14.0. The number of rotatable bonds is 3. The molecule has 106 valence electrons. The topological polar surface area (TPSA) is 48.1 Å². The molecule has 0 aliphatic rings. The first-order valence-corrected chi connectivity index (χ1v) is 7.18. The Hall–Kier alpha value is -1.98. The van der Waals surface area contributed by atoms with Crippen LogP contribution in [0.3, 0.4) is 0 Å². The van der Waals surface area contributed by atoms with Gasteiger partial charge in [-0.1, -0.05) is 18.2 Å². The second-order valence-corrected chi connectivity index (χ2v) is 5.37. The maximum Gasteiger partial charge on any atom is 0.227 e. The molecular formula is C16H12BrFN2O. The molecule has 0 saturated heterocycles. The molecule has 0 saturated carbocycles. The molecule has 0 radical (unpaired) electrons. The van der Waals surface area contributed by atoms with Crippen molar-refractivity contribution in [2.24, 2.45) is 5.73 Å². The Morgan fingerprint density at radius 1 is 1.14 bits per heavy atom. The molecule has 0 spiro atoms. The lowest BCUT2D eigenvalue weighted by Crippen LogP contribution is -2.00. The van der Waals surface area contributed by atoms with Crippen molar-refractivity contribution in [1.82, 2.24) is 4.98 Å². The first-order valence-electron chi connectivity index (χ1n) is 6.38. The van der Waals surface area contributed by atoms with Gasteiger partial charge < -0.3 is 10.5 Å². The van der Waals surface area contributed by atoms with E-state index in [1.165, 1.54) is 12.1 Å². The molecule has 0 aliphatic carbocycles. The van der Waals surface area contributed by atoms with E-state index in [1.54, 1.807) is 12.3 Å². The molecule has 1 heterocycles. The number of halogens is 2. The van der Waals surface area contributed by atoms with E-state index in [-0.39, 0.29) is 5.82 Å². The Morgan fingerprint density at radius 3 is 2.62 bits per heavy atom. The zero-order valence-electron chi connectivity index (χ0n) is 11.0. The Balaban J connectivity index is 2.09. The molecular weight excluding hydrogens is 335 g/mol. The highest BCUT2D eigenvalue weighted by atomic mass is 79.9. The van der Waals surface area contributed by atoms with E-state index >= 15 is 0 Å². The summed E-state index contributed by atoms with van der Waals surface area (Å²) >= 11 is 3.28. The molecule has 0 fully saturated rings. The van der Waals surface area contributed by atoms with Crippen LogP contribution in [0.15, 0.2) is 53.1 Å². The van der Waals surface area contributed by atoms with Gasteiger partial charge in [-0.25, -0.2) is 9.37 Å². The smallest absolute Gasteiger partial charge is 0.227 e. The third-order valence-electron chi connectivity index (χ3n) is 3.16. The molecule has 3 nitrogen and oxygen atoms in total. The average molecular weight is 347 g/mol. The van der Waals surface area contributed by atoms with Crippen molar-refractivity contribution in [2.75, 3.05) is 0 Å². The lowest BCUT2D eigenvalue weighted by atomic mass is 10.1. The van der Waals surface area contributed by atoms with Crippen LogP contribution in [0.4, 0.5) is 4.39 Å². The molecule has 0 bridgehead atoms. The summed E-state index contributed by atoms with van der Waals surface area (Å²) in [5.74, 6) is 0.648. The van der Waals surface area contributed by atoms with Crippen LogP contribution in [0.5, 0.6) is 11.6 Å². The van der Waals surface area contributed by atoms with E-state index < -0.39 is 0 Å². The maximum absolute atomic E-state index is 13.1. The lowest BCUT2D eigenvalue weighted by molar-refractivity contribution is 0.464. The number of benzene rings is 2. The number of hydrogen-bond acceptors (Lipinski definition) is 3. The number of hydrogen-bond donors (Lipinski definition) is 1. The maximum atomic E-state index is 13.1. The van der Waals surface area contributed by atoms with Crippen molar-refractivity contribution in [3.8, 4) is 11.6 Å². The number of ether oxygens (including phenoxy) is 1. The summed E-state index contributed by atoms with van der Waals surface area (Å²) in [4.78, 5) is 4.32. The fourth-order valence-corrected chi connectivity index (χ4v) is 2.56. The number of fused-ring (bicyclic) bond motifs is 1. The van der Waals surface area contributed by atoms with E-state index in [0.717, 1.165) is 16.3 Å². The lowest BCUT2D eigenvalue weighted by Gasteiger charge is -2.11. The normalized spacial score (nSPS) is 10.8. The molecule has 0 unspecified atom stereocenters. The van der Waals surface area contributed by atoms with Gasteiger partial charge in [0.1, 0.15) is 11.6 Å². The van der Waals surface area contributed by atoms with Gasteiger partial charge in [0, 0.05) is 18.1 Å². The zero-order chi connectivity index (χ0) is 14.8. The van der Waals surface area contributed by atoms with Gasteiger partial charge in [-0.3, -0.25) is 0 Å². The highest BCUT2D eigenvalue weighted by Gasteiger charge is 2.10. The summed E-state index contributed by atoms with van der Waals surface area (Å²) in [7, 11) is 0. The van der Waals surface area contributed by atoms with Crippen LogP contribution in [-0.4, -0.2) is 4.98 Å².